The van der Waals surface area contributed by atoms with Crippen LogP contribution < -0.4 is 10.1 Å². The highest BCUT2D eigenvalue weighted by Gasteiger charge is 2.15. The molecule has 1 fully saturated rings. The van der Waals surface area contributed by atoms with Gasteiger partial charge in [0.05, 0.1) is 0 Å². The van der Waals surface area contributed by atoms with E-state index in [4.69, 9.17) is 4.74 Å². The maximum Gasteiger partial charge on any atom is 0.122 e. The fourth-order valence-corrected chi connectivity index (χ4v) is 2.40. The van der Waals surface area contributed by atoms with Crippen LogP contribution in [0.1, 0.15) is 31.2 Å². The molecule has 3 heteroatoms. The van der Waals surface area contributed by atoms with Gasteiger partial charge in [0.15, 0.2) is 0 Å². The van der Waals surface area contributed by atoms with E-state index >= 15 is 0 Å². The number of hydrogen-bond acceptors (Lipinski definition) is 3. The van der Waals surface area contributed by atoms with Gasteiger partial charge in [0.1, 0.15) is 18.5 Å². The van der Waals surface area contributed by atoms with E-state index in [0.717, 1.165) is 11.3 Å². The zero-order chi connectivity index (χ0) is 12.8. The van der Waals surface area contributed by atoms with Gasteiger partial charge in [-0.25, -0.2) is 0 Å². The standard InChI is InChI=1S/C15H23NO2/c1-12-6-2-5-9-15(12)18-11-14(17)10-16-13-7-3-4-8-13/h2,5-6,9,13-14,16-17H,3-4,7-8,10-11H2,1H3/t14-/m0/s1. The number of hydrogen-bond donors (Lipinski definition) is 2. The molecule has 1 aromatic rings. The minimum Gasteiger partial charge on any atom is -0.491 e. The normalized spacial score (nSPS) is 17.9. The number of aryl methyl sites for hydroxylation is 1. The Morgan fingerprint density at radius 2 is 2.06 bits per heavy atom. The topological polar surface area (TPSA) is 41.5 Å². The predicted octanol–water partition coefficient (Wildman–Crippen LogP) is 2.27. The lowest BCUT2D eigenvalue weighted by Gasteiger charge is -2.17. The molecule has 1 saturated carbocycles. The molecule has 0 saturated heterocycles. The first-order valence-electron chi connectivity index (χ1n) is 6.85. The van der Waals surface area contributed by atoms with Crippen LogP contribution in [0.15, 0.2) is 24.3 Å². The molecule has 2 N–H and O–H groups in total. The molecule has 1 aliphatic rings. The lowest BCUT2D eigenvalue weighted by atomic mass is 10.2. The fourth-order valence-electron chi connectivity index (χ4n) is 2.40. The Balaban J connectivity index is 1.68. The molecule has 1 atom stereocenters. The van der Waals surface area contributed by atoms with Crippen molar-refractivity contribution in [1.82, 2.24) is 5.32 Å². The largest absolute Gasteiger partial charge is 0.491 e. The second-order valence-corrected chi connectivity index (χ2v) is 5.12. The quantitative estimate of drug-likeness (QED) is 0.812. The molecule has 100 valence electrons. The van der Waals surface area contributed by atoms with Crippen molar-refractivity contribution in [3.05, 3.63) is 29.8 Å². The van der Waals surface area contributed by atoms with Crippen molar-refractivity contribution in [2.75, 3.05) is 13.2 Å². The van der Waals surface area contributed by atoms with Gasteiger partial charge >= 0.3 is 0 Å². The number of nitrogens with one attached hydrogen (secondary N) is 1. The van der Waals surface area contributed by atoms with Crippen LogP contribution in [0.5, 0.6) is 5.75 Å². The molecule has 1 aromatic carbocycles. The van der Waals surface area contributed by atoms with Gasteiger partial charge in [0, 0.05) is 12.6 Å². The van der Waals surface area contributed by atoms with Crippen molar-refractivity contribution in [3.8, 4) is 5.75 Å². The van der Waals surface area contributed by atoms with Crippen molar-refractivity contribution in [3.63, 3.8) is 0 Å². The first-order chi connectivity index (χ1) is 8.75. The van der Waals surface area contributed by atoms with E-state index in [9.17, 15) is 5.11 Å². The molecule has 0 spiro atoms. The Bertz CT molecular complexity index is 361. The Labute approximate surface area is 109 Å². The molecule has 0 amide bonds. The number of para-hydroxylation sites is 1. The maximum atomic E-state index is 9.87. The summed E-state index contributed by atoms with van der Waals surface area (Å²) in [6.07, 6.45) is 4.67. The van der Waals surface area contributed by atoms with Gasteiger partial charge in [-0.1, -0.05) is 31.0 Å². The first kappa shape index (κ1) is 13.4. The van der Waals surface area contributed by atoms with E-state index in [2.05, 4.69) is 5.32 Å². The molecule has 2 rings (SSSR count). The molecule has 0 bridgehead atoms. The summed E-state index contributed by atoms with van der Waals surface area (Å²) in [7, 11) is 0. The number of aliphatic hydroxyl groups excluding tert-OH is 1. The van der Waals surface area contributed by atoms with E-state index in [1.165, 1.54) is 25.7 Å². The van der Waals surface area contributed by atoms with Crippen LogP contribution in [0, 0.1) is 6.92 Å². The molecule has 0 unspecified atom stereocenters. The molecule has 0 heterocycles. The Morgan fingerprint density at radius 3 is 2.78 bits per heavy atom. The molecule has 18 heavy (non-hydrogen) atoms. The highest BCUT2D eigenvalue weighted by Crippen LogP contribution is 2.18. The average molecular weight is 249 g/mol. The third kappa shape index (κ3) is 4.00. The van der Waals surface area contributed by atoms with E-state index in [-0.39, 0.29) is 0 Å². The summed E-state index contributed by atoms with van der Waals surface area (Å²) in [6, 6.07) is 8.48. The molecule has 1 aliphatic carbocycles. The zero-order valence-corrected chi connectivity index (χ0v) is 11.1. The van der Waals surface area contributed by atoms with Crippen molar-refractivity contribution >= 4 is 0 Å². The highest BCUT2D eigenvalue weighted by atomic mass is 16.5. The van der Waals surface area contributed by atoms with Crippen LogP contribution >= 0.6 is 0 Å². The minimum atomic E-state index is -0.440. The summed E-state index contributed by atoms with van der Waals surface area (Å²) in [5.74, 6) is 0.859. The van der Waals surface area contributed by atoms with Gasteiger partial charge in [-0.05, 0) is 31.4 Å². The number of rotatable bonds is 6. The monoisotopic (exact) mass is 249 g/mol. The fraction of sp³-hybridized carbons (Fsp3) is 0.600. The summed E-state index contributed by atoms with van der Waals surface area (Å²) >= 11 is 0. The third-order valence-corrected chi connectivity index (χ3v) is 3.52. The molecule has 0 aromatic heterocycles. The Kier molecular flexibility index (Phi) is 5.02. The van der Waals surface area contributed by atoms with Gasteiger partial charge in [-0.15, -0.1) is 0 Å². The second-order valence-electron chi connectivity index (χ2n) is 5.12. The summed E-state index contributed by atoms with van der Waals surface area (Å²) in [6.45, 7) is 2.99. The zero-order valence-electron chi connectivity index (χ0n) is 11.1. The van der Waals surface area contributed by atoms with Crippen LogP contribution in [-0.2, 0) is 0 Å². The first-order valence-corrected chi connectivity index (χ1v) is 6.85. The van der Waals surface area contributed by atoms with Crippen LogP contribution in [-0.4, -0.2) is 30.4 Å². The summed E-state index contributed by atoms with van der Waals surface area (Å²) in [4.78, 5) is 0. The van der Waals surface area contributed by atoms with Crippen molar-refractivity contribution in [2.45, 2.75) is 44.8 Å². The van der Waals surface area contributed by atoms with Gasteiger partial charge in [-0.3, -0.25) is 0 Å². The van der Waals surface area contributed by atoms with Crippen LogP contribution in [0.4, 0.5) is 0 Å². The van der Waals surface area contributed by atoms with Crippen LogP contribution in [0.2, 0.25) is 0 Å². The third-order valence-electron chi connectivity index (χ3n) is 3.52. The minimum absolute atomic E-state index is 0.352. The molecule has 0 aliphatic heterocycles. The van der Waals surface area contributed by atoms with Gasteiger partial charge < -0.3 is 15.2 Å². The lowest BCUT2D eigenvalue weighted by Crippen LogP contribution is -2.36. The number of ether oxygens (including phenoxy) is 1. The van der Waals surface area contributed by atoms with E-state index in [1.54, 1.807) is 0 Å². The molecular weight excluding hydrogens is 226 g/mol. The van der Waals surface area contributed by atoms with E-state index in [1.807, 2.05) is 31.2 Å². The molecule has 3 nitrogen and oxygen atoms in total. The van der Waals surface area contributed by atoms with Gasteiger partial charge in [-0.2, -0.15) is 0 Å². The van der Waals surface area contributed by atoms with Crippen LogP contribution in [0.25, 0.3) is 0 Å². The average Bonchev–Trinajstić information content (AvgIpc) is 2.88. The summed E-state index contributed by atoms with van der Waals surface area (Å²) in [5.41, 5.74) is 1.11. The Morgan fingerprint density at radius 1 is 1.33 bits per heavy atom. The van der Waals surface area contributed by atoms with Crippen molar-refractivity contribution < 1.29 is 9.84 Å². The molecular formula is C15H23NO2. The number of benzene rings is 1. The number of aliphatic hydroxyl groups is 1. The lowest BCUT2D eigenvalue weighted by molar-refractivity contribution is 0.103. The highest BCUT2D eigenvalue weighted by molar-refractivity contribution is 5.31. The molecule has 0 radical (unpaired) electrons. The van der Waals surface area contributed by atoms with Crippen LogP contribution in [0.3, 0.4) is 0 Å². The Hall–Kier alpha value is -1.06. The van der Waals surface area contributed by atoms with Gasteiger partial charge in [0.25, 0.3) is 0 Å². The van der Waals surface area contributed by atoms with Crippen molar-refractivity contribution in [1.29, 1.82) is 0 Å². The SMILES string of the molecule is Cc1ccccc1OC[C@@H](O)CNC1CCCC1. The smallest absolute Gasteiger partial charge is 0.122 e. The maximum absolute atomic E-state index is 9.87. The van der Waals surface area contributed by atoms with E-state index < -0.39 is 6.10 Å². The van der Waals surface area contributed by atoms with Crippen molar-refractivity contribution in [2.24, 2.45) is 0 Å². The summed E-state index contributed by atoms with van der Waals surface area (Å²) < 4.78 is 5.62. The second kappa shape index (κ2) is 6.76. The summed E-state index contributed by atoms with van der Waals surface area (Å²) in [5, 5.41) is 13.3. The van der Waals surface area contributed by atoms with E-state index in [0.29, 0.717) is 19.2 Å². The van der Waals surface area contributed by atoms with Gasteiger partial charge in [0.2, 0.25) is 0 Å². The predicted molar refractivity (Wildman–Crippen MR) is 72.9 cm³/mol.